The van der Waals surface area contributed by atoms with Gasteiger partial charge in [0.25, 0.3) is 5.56 Å². The second-order valence-electron chi connectivity index (χ2n) is 6.67. The molecule has 2 heterocycles. The highest BCUT2D eigenvalue weighted by Gasteiger charge is 2.05. The van der Waals surface area contributed by atoms with Crippen molar-refractivity contribution in [1.29, 1.82) is 0 Å². The third kappa shape index (κ3) is 5.32. The summed E-state index contributed by atoms with van der Waals surface area (Å²) in [6, 6.07) is 13.3. The first-order chi connectivity index (χ1) is 14.4. The largest absolute Gasteiger partial charge is 0.473 e. The van der Waals surface area contributed by atoms with E-state index in [0.29, 0.717) is 12.5 Å². The Labute approximate surface area is 173 Å². The topological polar surface area (TPSA) is 95.2 Å². The quantitative estimate of drug-likeness (QED) is 0.599. The smallest absolute Gasteiger partial charge is 0.330 e. The van der Waals surface area contributed by atoms with Crippen LogP contribution in [0.15, 0.2) is 70.5 Å². The molecule has 2 aromatic heterocycles. The summed E-state index contributed by atoms with van der Waals surface area (Å²) in [7, 11) is 2.93. The third-order valence-electron chi connectivity index (χ3n) is 4.38. The predicted octanol–water partition coefficient (Wildman–Crippen LogP) is 1.39. The summed E-state index contributed by atoms with van der Waals surface area (Å²) in [5, 5.41) is 2.74. The minimum atomic E-state index is -0.462. The van der Waals surface area contributed by atoms with Crippen LogP contribution in [0.2, 0.25) is 0 Å². The molecule has 0 atom stereocenters. The number of hydrogen-bond acceptors (Lipinski definition) is 5. The van der Waals surface area contributed by atoms with E-state index in [1.807, 2.05) is 30.3 Å². The first-order valence-electron chi connectivity index (χ1n) is 9.28. The van der Waals surface area contributed by atoms with Crippen LogP contribution in [0.4, 0.5) is 0 Å². The Morgan fingerprint density at radius 1 is 1.13 bits per heavy atom. The summed E-state index contributed by atoms with van der Waals surface area (Å²) >= 11 is 0. The SMILES string of the molecule is Cn1cc(/C=C/C(=O)NCc2ccnc(OCc3ccccc3)c2)c(=O)n(C)c1=O. The molecular weight excluding hydrogens is 384 g/mol. The number of carbonyl (C=O) groups is 1. The lowest BCUT2D eigenvalue weighted by atomic mass is 10.2. The van der Waals surface area contributed by atoms with Crippen LogP contribution in [0.3, 0.4) is 0 Å². The fraction of sp³-hybridized carbons (Fsp3) is 0.182. The molecule has 0 unspecified atom stereocenters. The van der Waals surface area contributed by atoms with Crippen molar-refractivity contribution in [1.82, 2.24) is 19.4 Å². The van der Waals surface area contributed by atoms with Crippen molar-refractivity contribution in [3.05, 3.63) is 98.5 Å². The predicted molar refractivity (Wildman–Crippen MR) is 113 cm³/mol. The average Bonchev–Trinajstić information content (AvgIpc) is 2.77. The van der Waals surface area contributed by atoms with Gasteiger partial charge in [0.2, 0.25) is 11.8 Å². The van der Waals surface area contributed by atoms with Crippen molar-refractivity contribution >= 4 is 12.0 Å². The van der Waals surface area contributed by atoms with E-state index < -0.39 is 11.2 Å². The highest BCUT2D eigenvalue weighted by molar-refractivity contribution is 5.91. The summed E-state index contributed by atoms with van der Waals surface area (Å²) in [5.74, 6) is 0.101. The summed E-state index contributed by atoms with van der Waals surface area (Å²) in [6.45, 7) is 0.680. The van der Waals surface area contributed by atoms with E-state index in [4.69, 9.17) is 4.74 Å². The van der Waals surface area contributed by atoms with Crippen molar-refractivity contribution < 1.29 is 9.53 Å². The van der Waals surface area contributed by atoms with Gasteiger partial charge in [-0.1, -0.05) is 30.3 Å². The minimum Gasteiger partial charge on any atom is -0.473 e. The number of carbonyl (C=O) groups excluding carboxylic acids is 1. The Morgan fingerprint density at radius 3 is 2.67 bits per heavy atom. The molecule has 0 aliphatic rings. The Morgan fingerprint density at radius 2 is 1.90 bits per heavy atom. The van der Waals surface area contributed by atoms with Crippen molar-refractivity contribution in [3.63, 3.8) is 0 Å². The van der Waals surface area contributed by atoms with Crippen molar-refractivity contribution in [2.45, 2.75) is 13.2 Å². The third-order valence-corrected chi connectivity index (χ3v) is 4.38. The molecule has 1 amide bonds. The molecule has 0 bridgehead atoms. The lowest BCUT2D eigenvalue weighted by Crippen LogP contribution is -2.37. The number of rotatable bonds is 7. The maximum atomic E-state index is 12.1. The molecule has 0 fully saturated rings. The molecule has 154 valence electrons. The first-order valence-corrected chi connectivity index (χ1v) is 9.28. The zero-order valence-corrected chi connectivity index (χ0v) is 16.7. The summed E-state index contributed by atoms with van der Waals surface area (Å²) in [5.41, 5.74) is 1.22. The van der Waals surface area contributed by atoms with Gasteiger partial charge in [-0.25, -0.2) is 9.78 Å². The van der Waals surface area contributed by atoms with Crippen LogP contribution in [-0.2, 0) is 32.0 Å². The van der Waals surface area contributed by atoms with Gasteiger partial charge >= 0.3 is 5.69 Å². The van der Waals surface area contributed by atoms with E-state index in [9.17, 15) is 14.4 Å². The Bertz CT molecular complexity index is 1180. The van der Waals surface area contributed by atoms with Crippen LogP contribution in [-0.4, -0.2) is 20.0 Å². The van der Waals surface area contributed by atoms with Gasteiger partial charge in [0.15, 0.2) is 0 Å². The number of hydrogen-bond donors (Lipinski definition) is 1. The molecule has 3 rings (SSSR count). The molecular formula is C22H22N4O4. The highest BCUT2D eigenvalue weighted by atomic mass is 16.5. The number of pyridine rings is 1. The number of nitrogens with one attached hydrogen (secondary N) is 1. The Hall–Kier alpha value is -3.94. The molecule has 0 saturated heterocycles. The van der Waals surface area contributed by atoms with Crippen molar-refractivity contribution in [2.75, 3.05) is 0 Å². The maximum Gasteiger partial charge on any atom is 0.330 e. The number of nitrogens with zero attached hydrogens (tertiary/aromatic N) is 3. The van der Waals surface area contributed by atoms with Gasteiger partial charge < -0.3 is 14.6 Å². The van der Waals surface area contributed by atoms with Crippen LogP contribution >= 0.6 is 0 Å². The van der Waals surface area contributed by atoms with Crippen molar-refractivity contribution in [3.8, 4) is 5.88 Å². The van der Waals surface area contributed by atoms with E-state index >= 15 is 0 Å². The molecule has 8 nitrogen and oxygen atoms in total. The minimum absolute atomic E-state index is 0.246. The zero-order valence-electron chi connectivity index (χ0n) is 16.7. The second kappa shape index (κ2) is 9.51. The van der Waals surface area contributed by atoms with Crippen molar-refractivity contribution in [2.24, 2.45) is 14.1 Å². The lowest BCUT2D eigenvalue weighted by Gasteiger charge is -2.07. The maximum absolute atomic E-state index is 12.1. The van der Waals surface area contributed by atoms with Gasteiger partial charge in [-0.05, 0) is 23.3 Å². The standard InChI is InChI=1S/C22H22N4O4/c1-25-14-18(21(28)26(2)22(25)29)8-9-19(27)24-13-17-10-11-23-20(12-17)30-15-16-6-4-3-5-7-16/h3-12,14H,13,15H2,1-2H3,(H,24,27)/b9-8+. The molecule has 30 heavy (non-hydrogen) atoms. The van der Waals surface area contributed by atoms with Gasteiger partial charge in [-0.3, -0.25) is 14.2 Å². The van der Waals surface area contributed by atoms with Crippen LogP contribution in [0.25, 0.3) is 6.08 Å². The van der Waals surface area contributed by atoms with E-state index in [-0.39, 0.29) is 18.0 Å². The Balaban J connectivity index is 1.58. The average molecular weight is 406 g/mol. The molecule has 8 heteroatoms. The fourth-order valence-corrected chi connectivity index (χ4v) is 2.73. The van der Waals surface area contributed by atoms with Gasteiger partial charge in [0, 0.05) is 45.2 Å². The van der Waals surface area contributed by atoms with E-state index in [0.717, 1.165) is 15.7 Å². The summed E-state index contributed by atoms with van der Waals surface area (Å²) in [6.07, 6.45) is 5.66. The first kappa shape index (κ1) is 20.8. The number of benzene rings is 1. The normalized spacial score (nSPS) is 10.9. The number of ether oxygens (including phenoxy) is 1. The highest BCUT2D eigenvalue weighted by Crippen LogP contribution is 2.11. The molecule has 3 aromatic rings. The molecule has 0 aliphatic carbocycles. The van der Waals surface area contributed by atoms with Gasteiger partial charge in [-0.2, -0.15) is 0 Å². The molecule has 0 spiro atoms. The number of aryl methyl sites for hydroxylation is 1. The lowest BCUT2D eigenvalue weighted by molar-refractivity contribution is -0.116. The molecule has 1 N–H and O–H groups in total. The van der Waals surface area contributed by atoms with Gasteiger partial charge in [0.1, 0.15) is 6.61 Å². The van der Waals surface area contributed by atoms with E-state index in [1.54, 1.807) is 25.4 Å². The molecule has 0 radical (unpaired) electrons. The van der Waals surface area contributed by atoms with Crippen LogP contribution < -0.4 is 21.3 Å². The molecule has 0 saturated carbocycles. The number of amides is 1. The molecule has 0 aliphatic heterocycles. The van der Waals surface area contributed by atoms with Gasteiger partial charge in [0.05, 0.1) is 5.56 Å². The monoisotopic (exact) mass is 406 g/mol. The van der Waals surface area contributed by atoms with Crippen LogP contribution in [0.1, 0.15) is 16.7 Å². The second-order valence-corrected chi connectivity index (χ2v) is 6.67. The van der Waals surface area contributed by atoms with E-state index in [1.165, 1.54) is 30.0 Å². The van der Waals surface area contributed by atoms with Crippen LogP contribution in [0.5, 0.6) is 5.88 Å². The van der Waals surface area contributed by atoms with Gasteiger partial charge in [-0.15, -0.1) is 0 Å². The molecule has 1 aromatic carbocycles. The Kier molecular flexibility index (Phi) is 6.59. The summed E-state index contributed by atoms with van der Waals surface area (Å²) < 4.78 is 7.96. The summed E-state index contributed by atoms with van der Waals surface area (Å²) in [4.78, 5) is 40.1. The fourth-order valence-electron chi connectivity index (χ4n) is 2.73. The van der Waals surface area contributed by atoms with Crippen LogP contribution in [0, 0.1) is 0 Å². The number of aromatic nitrogens is 3. The zero-order chi connectivity index (χ0) is 21.5. The van der Waals surface area contributed by atoms with E-state index in [2.05, 4.69) is 10.3 Å².